The van der Waals surface area contributed by atoms with Gasteiger partial charge in [0.15, 0.2) is 12.1 Å². The standard InChI is InChI=1S/C36H59ClN4O8/c1-23-21-36(6,46-10)31(49-32-29(42)28(39(7)8)20-24(2)48-32)25(3)30(43)35(4,5)33(44)47-19-18-41(17-11-16-40(9)22-23)34(45)38-27-14-12-26(37)13-15-27/h12-15,23-25,28-29,31-32,42H,11,16-22H2,1-10H3,(H,38,45)/t23-,24-,25+,28+,29-,31-,32+,36-/m1/s1. The Bertz CT molecular complexity index is 1250. The van der Waals surface area contributed by atoms with Crippen LogP contribution >= 0.6 is 11.6 Å². The van der Waals surface area contributed by atoms with Crippen molar-refractivity contribution < 1.29 is 38.4 Å². The molecule has 278 valence electrons. The van der Waals surface area contributed by atoms with Crippen molar-refractivity contribution in [1.29, 1.82) is 0 Å². The maximum atomic E-state index is 14.3. The summed E-state index contributed by atoms with van der Waals surface area (Å²) < 4.78 is 24.6. The summed E-state index contributed by atoms with van der Waals surface area (Å²) in [4.78, 5) is 46.9. The molecule has 2 fully saturated rings. The minimum absolute atomic E-state index is 0.0908. The topological polar surface area (TPSA) is 130 Å². The summed E-state index contributed by atoms with van der Waals surface area (Å²) in [5.74, 6) is -1.83. The van der Waals surface area contributed by atoms with Crippen LogP contribution in [0.25, 0.3) is 0 Å². The van der Waals surface area contributed by atoms with Crippen LogP contribution in [0, 0.1) is 17.3 Å². The summed E-state index contributed by atoms with van der Waals surface area (Å²) in [6.07, 6.45) is -1.23. The number of rotatable bonds is 5. The SMILES string of the molecule is CO[C@]1(C)C[C@@H](C)CN(C)CCCN(C(=O)Nc2ccc(Cl)cc2)CCOC(=O)C(C)(C)C(=O)[C@H](C)[C@H]1O[C@@H]1O[C@H](C)C[C@H](N(C)C)[C@H]1O. The van der Waals surface area contributed by atoms with Gasteiger partial charge in [-0.25, -0.2) is 4.79 Å². The highest BCUT2D eigenvalue weighted by molar-refractivity contribution is 6.30. The van der Waals surface area contributed by atoms with Crippen molar-refractivity contribution >= 4 is 35.1 Å². The zero-order valence-electron chi connectivity index (χ0n) is 31.0. The quantitative estimate of drug-likeness (QED) is 0.332. The molecular formula is C36H59ClN4O8. The lowest BCUT2D eigenvalue weighted by Gasteiger charge is -2.47. The van der Waals surface area contributed by atoms with E-state index in [4.69, 9.17) is 30.5 Å². The molecule has 3 rings (SSSR count). The first kappa shape index (κ1) is 41.1. The molecular weight excluding hydrogens is 652 g/mol. The van der Waals surface area contributed by atoms with Gasteiger partial charge in [-0.1, -0.05) is 25.4 Å². The van der Waals surface area contributed by atoms with Crippen molar-refractivity contribution in [1.82, 2.24) is 14.7 Å². The van der Waals surface area contributed by atoms with E-state index in [2.05, 4.69) is 17.1 Å². The second-order valence-electron chi connectivity index (χ2n) is 14.9. The van der Waals surface area contributed by atoms with E-state index in [0.717, 1.165) is 6.54 Å². The molecule has 49 heavy (non-hydrogen) atoms. The maximum absolute atomic E-state index is 14.3. The van der Waals surface area contributed by atoms with Gasteiger partial charge in [-0.15, -0.1) is 0 Å². The molecule has 1 aromatic rings. The Labute approximate surface area is 297 Å². The number of benzene rings is 1. The third-order valence-electron chi connectivity index (χ3n) is 9.94. The number of esters is 1. The van der Waals surface area contributed by atoms with Gasteiger partial charge in [0.25, 0.3) is 0 Å². The number of hydrogen-bond acceptors (Lipinski definition) is 10. The Morgan fingerprint density at radius 3 is 2.35 bits per heavy atom. The van der Waals surface area contributed by atoms with Gasteiger partial charge < -0.3 is 44.1 Å². The lowest BCUT2D eigenvalue weighted by atomic mass is 9.74. The van der Waals surface area contributed by atoms with Crippen LogP contribution in [0.15, 0.2) is 24.3 Å². The highest BCUT2D eigenvalue weighted by atomic mass is 35.5. The summed E-state index contributed by atoms with van der Waals surface area (Å²) in [5, 5.41) is 14.8. The molecule has 0 bridgehead atoms. The van der Waals surface area contributed by atoms with Crippen LogP contribution in [0.5, 0.6) is 0 Å². The number of methoxy groups -OCH3 is 1. The number of hydrogen-bond donors (Lipinski definition) is 2. The zero-order chi connectivity index (χ0) is 36.7. The summed E-state index contributed by atoms with van der Waals surface area (Å²) in [6, 6.07) is 6.29. The van der Waals surface area contributed by atoms with Crippen molar-refractivity contribution in [3.8, 4) is 0 Å². The first-order valence-corrected chi connectivity index (χ1v) is 17.7. The Morgan fingerprint density at radius 1 is 1.08 bits per heavy atom. The summed E-state index contributed by atoms with van der Waals surface area (Å²) >= 11 is 6.01. The van der Waals surface area contributed by atoms with Crippen LogP contribution in [-0.4, -0.2) is 135 Å². The van der Waals surface area contributed by atoms with Crippen molar-refractivity contribution in [3.05, 3.63) is 29.3 Å². The molecule has 2 aliphatic heterocycles. The lowest BCUT2D eigenvalue weighted by Crippen LogP contribution is -2.59. The third-order valence-corrected chi connectivity index (χ3v) is 10.2. The Kier molecular flexibility index (Phi) is 14.9. The van der Waals surface area contributed by atoms with Crippen LogP contribution in [-0.2, 0) is 28.5 Å². The number of amides is 2. The number of nitrogens with one attached hydrogen (secondary N) is 1. The number of aliphatic hydroxyl groups excluding tert-OH is 1. The third kappa shape index (κ3) is 10.8. The van der Waals surface area contributed by atoms with Crippen molar-refractivity contribution in [2.45, 2.75) is 97.0 Å². The fourth-order valence-electron chi connectivity index (χ4n) is 7.10. The van der Waals surface area contributed by atoms with Crippen molar-refractivity contribution in [2.75, 3.05) is 66.4 Å². The largest absolute Gasteiger partial charge is 0.463 e. The van der Waals surface area contributed by atoms with Crippen LogP contribution in [0.2, 0.25) is 5.02 Å². The normalized spacial score (nSPS) is 33.2. The second kappa shape index (κ2) is 17.7. The average molecular weight is 711 g/mol. The monoisotopic (exact) mass is 710 g/mol. The van der Waals surface area contributed by atoms with Gasteiger partial charge in [-0.3, -0.25) is 9.59 Å². The smallest absolute Gasteiger partial charge is 0.321 e. The van der Waals surface area contributed by atoms with Crippen LogP contribution < -0.4 is 5.32 Å². The molecule has 13 heteroatoms. The van der Waals surface area contributed by atoms with Crippen LogP contribution in [0.1, 0.15) is 60.8 Å². The fraction of sp³-hybridized carbons (Fsp3) is 0.750. The maximum Gasteiger partial charge on any atom is 0.321 e. The molecule has 2 amide bonds. The molecule has 2 heterocycles. The van der Waals surface area contributed by atoms with Gasteiger partial charge in [0, 0.05) is 42.9 Å². The predicted molar refractivity (Wildman–Crippen MR) is 190 cm³/mol. The number of Topliss-reactive ketones (excluding diaryl/α,β-unsaturated/α-hetero) is 1. The van der Waals surface area contributed by atoms with E-state index in [1.165, 1.54) is 0 Å². The molecule has 8 atom stereocenters. The summed E-state index contributed by atoms with van der Waals surface area (Å²) in [6.45, 7) is 12.7. The number of carbonyl (C=O) groups excluding carboxylic acids is 3. The van der Waals surface area contributed by atoms with Crippen molar-refractivity contribution in [2.24, 2.45) is 17.3 Å². The zero-order valence-corrected chi connectivity index (χ0v) is 31.8. The number of nitrogens with zero attached hydrogens (tertiary/aromatic N) is 3. The Balaban J connectivity index is 1.91. The summed E-state index contributed by atoms with van der Waals surface area (Å²) in [7, 11) is 7.44. The molecule has 0 saturated carbocycles. The van der Waals surface area contributed by atoms with E-state index in [-0.39, 0.29) is 43.0 Å². The van der Waals surface area contributed by atoms with E-state index < -0.39 is 41.4 Å². The van der Waals surface area contributed by atoms with Gasteiger partial charge in [-0.05, 0) is 105 Å². The number of cyclic esters (lactones) is 1. The minimum Gasteiger partial charge on any atom is -0.463 e. The highest BCUT2D eigenvalue weighted by Gasteiger charge is 2.51. The van der Waals surface area contributed by atoms with E-state index in [0.29, 0.717) is 43.1 Å². The molecule has 12 nitrogen and oxygen atoms in total. The molecule has 2 saturated heterocycles. The molecule has 0 spiro atoms. The lowest BCUT2D eigenvalue weighted by molar-refractivity contribution is -0.295. The number of anilines is 1. The van der Waals surface area contributed by atoms with Crippen molar-refractivity contribution in [3.63, 3.8) is 0 Å². The molecule has 0 radical (unpaired) electrons. The van der Waals surface area contributed by atoms with Gasteiger partial charge in [-0.2, -0.15) is 0 Å². The number of ether oxygens (including phenoxy) is 4. The van der Waals surface area contributed by atoms with Gasteiger partial charge in [0.05, 0.1) is 24.4 Å². The van der Waals surface area contributed by atoms with E-state index >= 15 is 0 Å². The molecule has 0 aliphatic carbocycles. The van der Waals surface area contributed by atoms with Gasteiger partial charge in [0.1, 0.15) is 18.1 Å². The molecule has 1 aromatic carbocycles. The predicted octanol–water partition coefficient (Wildman–Crippen LogP) is 4.53. The molecule has 0 unspecified atom stereocenters. The van der Waals surface area contributed by atoms with Gasteiger partial charge >= 0.3 is 12.0 Å². The fourth-order valence-corrected chi connectivity index (χ4v) is 7.23. The van der Waals surface area contributed by atoms with Gasteiger partial charge in [0.2, 0.25) is 0 Å². The Morgan fingerprint density at radius 2 is 1.73 bits per heavy atom. The van der Waals surface area contributed by atoms with E-state index in [1.807, 2.05) is 39.9 Å². The number of urea groups is 1. The second-order valence-corrected chi connectivity index (χ2v) is 15.3. The van der Waals surface area contributed by atoms with E-state index in [1.54, 1.807) is 57.0 Å². The number of carbonyl (C=O) groups is 3. The first-order valence-electron chi connectivity index (χ1n) is 17.3. The molecule has 2 N–H and O–H groups in total. The van der Waals surface area contributed by atoms with E-state index in [9.17, 15) is 19.5 Å². The number of aliphatic hydroxyl groups is 1. The highest BCUT2D eigenvalue weighted by Crippen LogP contribution is 2.38. The minimum atomic E-state index is -1.54. The summed E-state index contributed by atoms with van der Waals surface area (Å²) in [5.41, 5.74) is -1.94. The first-order chi connectivity index (χ1) is 22.9. The number of halogens is 1. The molecule has 0 aromatic heterocycles. The average Bonchev–Trinajstić information content (AvgIpc) is 3.03. The molecule has 2 aliphatic rings. The number of ketones is 1. The van der Waals surface area contributed by atoms with Crippen LogP contribution in [0.4, 0.5) is 10.5 Å². The Hall–Kier alpha value is -2.32. The number of likely N-dealkylation sites (N-methyl/N-ethyl adjacent to an activating group) is 1. The van der Waals surface area contributed by atoms with Crippen LogP contribution in [0.3, 0.4) is 0 Å².